The number of nitro groups is 1. The monoisotopic (exact) mass is 376 g/mol. The van der Waals surface area contributed by atoms with Crippen molar-refractivity contribution >= 4 is 17.3 Å². The molecule has 27 heavy (non-hydrogen) atoms. The Morgan fingerprint density at radius 3 is 2.15 bits per heavy atom. The number of carbonyl (C=O) groups is 1. The molecule has 0 radical (unpaired) electrons. The lowest BCUT2D eigenvalue weighted by molar-refractivity contribution is -0.384. The molecule has 0 saturated heterocycles. The molecule has 0 spiro atoms. The fourth-order valence-electron chi connectivity index (χ4n) is 2.30. The number of nitro benzene ring substituents is 1. The van der Waals surface area contributed by atoms with E-state index in [-0.39, 0.29) is 17.1 Å². The topological polar surface area (TPSA) is 85.4 Å². The molecular formula is C18H11F3N2O4. The maximum Gasteiger partial charge on any atom is 0.416 e. The second-order valence-electron chi connectivity index (χ2n) is 5.50. The molecule has 1 aromatic heterocycles. The average molecular weight is 376 g/mol. The van der Waals surface area contributed by atoms with Crippen LogP contribution in [0.15, 0.2) is 65.1 Å². The maximum atomic E-state index is 12.5. The fraction of sp³-hybridized carbons (Fsp3) is 0.0556. The number of rotatable bonds is 4. The van der Waals surface area contributed by atoms with Crippen molar-refractivity contribution in [3.8, 4) is 11.3 Å². The summed E-state index contributed by atoms with van der Waals surface area (Å²) in [6.45, 7) is 0. The van der Waals surface area contributed by atoms with E-state index in [2.05, 4.69) is 5.32 Å². The van der Waals surface area contributed by atoms with E-state index in [0.717, 1.165) is 24.3 Å². The van der Waals surface area contributed by atoms with Gasteiger partial charge in [0, 0.05) is 23.4 Å². The van der Waals surface area contributed by atoms with E-state index < -0.39 is 22.6 Å². The molecule has 0 saturated carbocycles. The van der Waals surface area contributed by atoms with Crippen molar-refractivity contribution < 1.29 is 27.3 Å². The molecule has 0 aliphatic carbocycles. The number of benzene rings is 2. The van der Waals surface area contributed by atoms with Gasteiger partial charge in [-0.3, -0.25) is 14.9 Å². The van der Waals surface area contributed by atoms with Gasteiger partial charge in [-0.1, -0.05) is 0 Å². The average Bonchev–Trinajstić information content (AvgIpc) is 3.12. The summed E-state index contributed by atoms with van der Waals surface area (Å²) in [5.74, 6) is -0.367. The minimum Gasteiger partial charge on any atom is -0.451 e. The number of furan rings is 1. The Balaban J connectivity index is 1.72. The van der Waals surface area contributed by atoms with Crippen molar-refractivity contribution in [3.05, 3.63) is 82.1 Å². The van der Waals surface area contributed by atoms with Gasteiger partial charge in [-0.15, -0.1) is 0 Å². The lowest BCUT2D eigenvalue weighted by Crippen LogP contribution is -2.11. The zero-order chi connectivity index (χ0) is 19.6. The second kappa shape index (κ2) is 6.94. The van der Waals surface area contributed by atoms with Crippen molar-refractivity contribution in [3.63, 3.8) is 0 Å². The molecule has 3 rings (SSSR count). The first kappa shape index (κ1) is 18.2. The van der Waals surface area contributed by atoms with E-state index in [1.165, 1.54) is 36.4 Å². The summed E-state index contributed by atoms with van der Waals surface area (Å²) in [5, 5.41) is 13.1. The van der Waals surface area contributed by atoms with Gasteiger partial charge in [0.05, 0.1) is 10.5 Å². The van der Waals surface area contributed by atoms with E-state index in [1.54, 1.807) is 0 Å². The van der Waals surface area contributed by atoms with Crippen LogP contribution in [0, 0.1) is 10.1 Å². The molecule has 0 aliphatic heterocycles. The lowest BCUT2D eigenvalue weighted by atomic mass is 10.1. The van der Waals surface area contributed by atoms with Gasteiger partial charge in [-0.2, -0.15) is 13.2 Å². The zero-order valence-electron chi connectivity index (χ0n) is 13.5. The van der Waals surface area contributed by atoms with Gasteiger partial charge in [-0.05, 0) is 48.5 Å². The SMILES string of the molecule is O=C(Nc1ccc(C(F)(F)F)cc1)c1ccc(-c2ccc([N+](=O)[O-])cc2)o1. The van der Waals surface area contributed by atoms with Crippen LogP contribution in [-0.4, -0.2) is 10.8 Å². The Labute approximate surface area is 150 Å². The zero-order valence-corrected chi connectivity index (χ0v) is 13.5. The van der Waals surface area contributed by atoms with E-state index in [4.69, 9.17) is 4.42 Å². The first-order chi connectivity index (χ1) is 12.7. The number of non-ortho nitro benzene ring substituents is 1. The Bertz CT molecular complexity index is 977. The fourth-order valence-corrected chi connectivity index (χ4v) is 2.30. The predicted octanol–water partition coefficient (Wildman–Crippen LogP) is 5.13. The number of alkyl halides is 3. The van der Waals surface area contributed by atoms with Crippen LogP contribution < -0.4 is 5.32 Å². The molecule has 0 bridgehead atoms. The molecule has 1 amide bonds. The molecule has 0 fully saturated rings. The van der Waals surface area contributed by atoms with Crippen LogP contribution in [0.5, 0.6) is 0 Å². The van der Waals surface area contributed by atoms with Crippen LogP contribution in [0.25, 0.3) is 11.3 Å². The Morgan fingerprint density at radius 2 is 1.59 bits per heavy atom. The van der Waals surface area contributed by atoms with E-state index in [1.807, 2.05) is 0 Å². The molecular weight excluding hydrogens is 365 g/mol. The number of anilines is 1. The molecule has 138 valence electrons. The molecule has 9 heteroatoms. The molecule has 0 aliphatic rings. The van der Waals surface area contributed by atoms with Crippen molar-refractivity contribution in [2.24, 2.45) is 0 Å². The number of halogens is 3. The van der Waals surface area contributed by atoms with Crippen molar-refractivity contribution in [2.75, 3.05) is 5.32 Å². The summed E-state index contributed by atoms with van der Waals surface area (Å²) in [4.78, 5) is 22.3. The van der Waals surface area contributed by atoms with E-state index >= 15 is 0 Å². The Morgan fingerprint density at radius 1 is 0.963 bits per heavy atom. The smallest absolute Gasteiger partial charge is 0.416 e. The highest BCUT2D eigenvalue weighted by Crippen LogP contribution is 2.30. The summed E-state index contributed by atoms with van der Waals surface area (Å²) in [7, 11) is 0. The molecule has 1 N–H and O–H groups in total. The summed E-state index contributed by atoms with van der Waals surface area (Å²) < 4.78 is 43.0. The molecule has 0 atom stereocenters. The van der Waals surface area contributed by atoms with Gasteiger partial charge in [-0.25, -0.2) is 0 Å². The number of carbonyl (C=O) groups excluding carboxylic acids is 1. The summed E-state index contributed by atoms with van der Waals surface area (Å²) in [6.07, 6.45) is -4.46. The molecule has 2 aromatic carbocycles. The third kappa shape index (κ3) is 4.14. The van der Waals surface area contributed by atoms with Crippen LogP contribution in [-0.2, 0) is 6.18 Å². The second-order valence-corrected chi connectivity index (χ2v) is 5.50. The highest BCUT2D eigenvalue weighted by atomic mass is 19.4. The van der Waals surface area contributed by atoms with Crippen LogP contribution in [0.1, 0.15) is 16.1 Å². The number of hydrogen-bond donors (Lipinski definition) is 1. The maximum absolute atomic E-state index is 12.5. The third-order valence-corrected chi connectivity index (χ3v) is 3.66. The van der Waals surface area contributed by atoms with Crippen LogP contribution in [0.2, 0.25) is 0 Å². The van der Waals surface area contributed by atoms with Crippen LogP contribution in [0.3, 0.4) is 0 Å². The van der Waals surface area contributed by atoms with Gasteiger partial charge < -0.3 is 9.73 Å². The summed E-state index contributed by atoms with van der Waals surface area (Å²) >= 11 is 0. The predicted molar refractivity (Wildman–Crippen MR) is 90.2 cm³/mol. The first-order valence-electron chi connectivity index (χ1n) is 7.57. The minimum absolute atomic E-state index is 0.0525. The highest BCUT2D eigenvalue weighted by molar-refractivity contribution is 6.02. The van der Waals surface area contributed by atoms with Crippen molar-refractivity contribution in [1.82, 2.24) is 0 Å². The molecule has 0 unspecified atom stereocenters. The number of amides is 1. The van der Waals surface area contributed by atoms with E-state index in [9.17, 15) is 28.1 Å². The van der Waals surface area contributed by atoms with Crippen LogP contribution >= 0.6 is 0 Å². The number of nitrogens with zero attached hydrogens (tertiary/aromatic N) is 1. The number of nitrogens with one attached hydrogen (secondary N) is 1. The summed E-state index contributed by atoms with van der Waals surface area (Å²) in [5.41, 5.74) is -0.181. The van der Waals surface area contributed by atoms with Crippen LogP contribution in [0.4, 0.5) is 24.5 Å². The molecule has 1 heterocycles. The summed E-state index contributed by atoms with van der Waals surface area (Å²) in [6, 6.07) is 12.5. The number of hydrogen-bond acceptors (Lipinski definition) is 4. The molecule has 3 aromatic rings. The van der Waals surface area contributed by atoms with Gasteiger partial charge in [0.15, 0.2) is 5.76 Å². The minimum atomic E-state index is -4.46. The quantitative estimate of drug-likeness (QED) is 0.505. The first-order valence-corrected chi connectivity index (χ1v) is 7.57. The van der Waals surface area contributed by atoms with Crippen molar-refractivity contribution in [1.29, 1.82) is 0 Å². The largest absolute Gasteiger partial charge is 0.451 e. The van der Waals surface area contributed by atoms with Crippen molar-refractivity contribution in [2.45, 2.75) is 6.18 Å². The highest BCUT2D eigenvalue weighted by Gasteiger charge is 2.30. The standard InChI is InChI=1S/C18H11F3N2O4/c19-18(20,21)12-3-5-13(6-4-12)22-17(24)16-10-9-15(27-16)11-1-7-14(8-2-11)23(25)26/h1-10H,(H,22,24). The van der Waals surface area contributed by atoms with Gasteiger partial charge in [0.25, 0.3) is 11.6 Å². The lowest BCUT2D eigenvalue weighted by Gasteiger charge is -2.08. The van der Waals surface area contributed by atoms with Gasteiger partial charge in [0.1, 0.15) is 5.76 Å². The van der Waals surface area contributed by atoms with Gasteiger partial charge >= 0.3 is 6.18 Å². The normalized spacial score (nSPS) is 11.2. The Hall–Kier alpha value is -3.62. The third-order valence-electron chi connectivity index (χ3n) is 3.66. The Kier molecular flexibility index (Phi) is 4.68. The molecule has 6 nitrogen and oxygen atoms in total. The van der Waals surface area contributed by atoms with Gasteiger partial charge in [0.2, 0.25) is 0 Å². The van der Waals surface area contributed by atoms with E-state index in [0.29, 0.717) is 11.3 Å².